The highest BCUT2D eigenvalue weighted by Gasteiger charge is 2.29. The first-order valence-electron chi connectivity index (χ1n) is 8.99. The molecule has 0 bridgehead atoms. The summed E-state index contributed by atoms with van der Waals surface area (Å²) >= 11 is 0. The maximum absolute atomic E-state index is 12.6. The van der Waals surface area contributed by atoms with Gasteiger partial charge in [0.15, 0.2) is 5.69 Å². The fourth-order valence-corrected chi connectivity index (χ4v) is 3.20. The van der Waals surface area contributed by atoms with Crippen molar-refractivity contribution in [2.75, 3.05) is 6.54 Å². The van der Waals surface area contributed by atoms with Crippen molar-refractivity contribution < 1.29 is 14.7 Å². The number of nitrogens with zero attached hydrogens (tertiary/aromatic N) is 2. The summed E-state index contributed by atoms with van der Waals surface area (Å²) in [4.78, 5) is 23.8. The van der Waals surface area contributed by atoms with E-state index in [1.807, 2.05) is 35.9 Å². The minimum atomic E-state index is -0.865. The normalized spacial score (nSPS) is 13.5. The molecule has 2 N–H and O–H groups in total. The minimum Gasteiger partial charge on any atom is -0.481 e. The lowest BCUT2D eigenvalue weighted by molar-refractivity contribution is -0.147. The van der Waals surface area contributed by atoms with Gasteiger partial charge in [0.1, 0.15) is 0 Å². The molecule has 0 radical (unpaired) electrons. The van der Waals surface area contributed by atoms with Crippen molar-refractivity contribution in [1.82, 2.24) is 15.1 Å². The number of carboxylic acid groups (broad SMARTS) is 1. The molecule has 0 saturated carbocycles. The topological polar surface area (TPSA) is 84.2 Å². The number of hydrogen-bond acceptors (Lipinski definition) is 3. The van der Waals surface area contributed by atoms with Gasteiger partial charge in [-0.3, -0.25) is 9.59 Å². The van der Waals surface area contributed by atoms with Crippen LogP contribution < -0.4 is 5.32 Å². The summed E-state index contributed by atoms with van der Waals surface area (Å²) in [5, 5.41) is 16.6. The van der Waals surface area contributed by atoms with Crippen LogP contribution in [0.15, 0.2) is 24.3 Å². The average Bonchev–Trinajstić information content (AvgIpc) is 3.17. The number of nitrogens with one attached hydrogen (secondary N) is 1. The number of aryl methyl sites for hydroxylation is 1. The maximum atomic E-state index is 12.6. The lowest BCUT2D eigenvalue weighted by atomic mass is 9.90. The Bertz CT molecular complexity index is 835. The summed E-state index contributed by atoms with van der Waals surface area (Å²) in [6.45, 7) is 5.66. The third-order valence-corrected chi connectivity index (χ3v) is 5.04. The molecule has 1 amide bonds. The molecule has 0 fully saturated rings. The third-order valence-electron chi connectivity index (χ3n) is 5.04. The summed E-state index contributed by atoms with van der Waals surface area (Å²) in [6, 6.07) is 8.09. The summed E-state index contributed by atoms with van der Waals surface area (Å²) in [5.74, 6) is -1.09. The van der Waals surface area contributed by atoms with Gasteiger partial charge in [-0.2, -0.15) is 5.10 Å². The highest BCUT2D eigenvalue weighted by molar-refractivity contribution is 5.94. The van der Waals surface area contributed by atoms with Crippen LogP contribution in [0, 0.1) is 12.3 Å². The molecule has 1 aromatic heterocycles. The number of aliphatic carboxylic acids is 1. The Morgan fingerprint density at radius 3 is 2.58 bits per heavy atom. The first kappa shape index (κ1) is 18.2. The Balaban J connectivity index is 1.78. The number of hydrogen-bond donors (Lipinski definition) is 2. The van der Waals surface area contributed by atoms with Crippen LogP contribution in [0.1, 0.15) is 54.0 Å². The quantitative estimate of drug-likeness (QED) is 0.834. The van der Waals surface area contributed by atoms with Crippen molar-refractivity contribution in [3.05, 3.63) is 46.8 Å². The Hall–Kier alpha value is -2.63. The largest absolute Gasteiger partial charge is 0.481 e. The maximum Gasteiger partial charge on any atom is 0.309 e. The number of carbonyl (C=O) groups is 2. The highest BCUT2D eigenvalue weighted by atomic mass is 16.4. The van der Waals surface area contributed by atoms with Crippen LogP contribution in [0.4, 0.5) is 0 Å². The first-order chi connectivity index (χ1) is 12.3. The monoisotopic (exact) mass is 355 g/mol. The number of aromatic nitrogens is 2. The van der Waals surface area contributed by atoms with Crippen LogP contribution in [-0.2, 0) is 17.6 Å². The van der Waals surface area contributed by atoms with Crippen LogP contribution >= 0.6 is 0 Å². The second kappa shape index (κ2) is 6.94. The van der Waals surface area contributed by atoms with Gasteiger partial charge in [0.25, 0.3) is 5.91 Å². The van der Waals surface area contributed by atoms with E-state index in [0.717, 1.165) is 36.2 Å². The van der Waals surface area contributed by atoms with E-state index < -0.39 is 11.4 Å². The van der Waals surface area contributed by atoms with Gasteiger partial charge in [-0.05, 0) is 58.6 Å². The van der Waals surface area contributed by atoms with Crippen LogP contribution in [-0.4, -0.2) is 33.3 Å². The molecule has 1 heterocycles. The van der Waals surface area contributed by atoms with Crippen molar-refractivity contribution >= 4 is 11.9 Å². The van der Waals surface area contributed by atoms with Crippen molar-refractivity contribution in [1.29, 1.82) is 0 Å². The summed E-state index contributed by atoms with van der Waals surface area (Å²) in [5.41, 5.74) is 3.85. The molecule has 6 nitrogen and oxygen atoms in total. The van der Waals surface area contributed by atoms with E-state index in [1.54, 1.807) is 13.8 Å². The molecule has 3 rings (SSSR count). The fourth-order valence-electron chi connectivity index (χ4n) is 3.20. The van der Waals surface area contributed by atoms with E-state index in [2.05, 4.69) is 10.4 Å². The van der Waals surface area contributed by atoms with E-state index in [1.165, 1.54) is 5.56 Å². The van der Waals surface area contributed by atoms with Gasteiger partial charge in [-0.1, -0.05) is 17.7 Å². The first-order valence-corrected chi connectivity index (χ1v) is 8.99. The van der Waals surface area contributed by atoms with Crippen molar-refractivity contribution in [2.24, 2.45) is 5.41 Å². The molecule has 0 saturated heterocycles. The van der Waals surface area contributed by atoms with Crippen molar-refractivity contribution in [2.45, 2.75) is 46.5 Å². The van der Waals surface area contributed by atoms with Crippen LogP contribution in [0.3, 0.4) is 0 Å². The summed E-state index contributed by atoms with van der Waals surface area (Å²) in [7, 11) is 0. The van der Waals surface area contributed by atoms with Crippen LogP contribution in [0.25, 0.3) is 5.69 Å². The van der Waals surface area contributed by atoms with Gasteiger partial charge in [-0.25, -0.2) is 4.68 Å². The molecule has 138 valence electrons. The molecule has 0 spiro atoms. The number of carbonyl (C=O) groups excluding carboxylic acids is 1. The standard InChI is InChI=1S/C20H25N3O3/c1-13-7-9-14(10-8-13)23-16-6-4-5-15(16)17(22-23)18(24)21-12-11-20(2,3)19(25)26/h7-10H,4-6,11-12H2,1-3H3,(H,21,24)(H,25,26). The lowest BCUT2D eigenvalue weighted by Gasteiger charge is -2.18. The van der Waals surface area contributed by atoms with Gasteiger partial charge in [0.05, 0.1) is 11.1 Å². The molecule has 0 aliphatic heterocycles. The predicted molar refractivity (Wildman–Crippen MR) is 98.7 cm³/mol. The molecule has 0 unspecified atom stereocenters. The van der Waals surface area contributed by atoms with Crippen LogP contribution in [0.2, 0.25) is 0 Å². The number of fused-ring (bicyclic) bond motifs is 1. The van der Waals surface area contributed by atoms with Gasteiger partial charge in [0, 0.05) is 17.8 Å². The van der Waals surface area contributed by atoms with Gasteiger partial charge < -0.3 is 10.4 Å². The second-order valence-electron chi connectivity index (χ2n) is 7.57. The Labute approximate surface area is 153 Å². The van der Waals surface area contributed by atoms with Crippen molar-refractivity contribution in [3.8, 4) is 5.69 Å². The zero-order valence-electron chi connectivity index (χ0n) is 15.5. The third kappa shape index (κ3) is 3.49. The second-order valence-corrected chi connectivity index (χ2v) is 7.57. The molecule has 6 heteroatoms. The molecule has 0 atom stereocenters. The number of benzene rings is 1. The number of rotatable bonds is 6. The molecule has 2 aromatic rings. The molecule has 26 heavy (non-hydrogen) atoms. The number of amides is 1. The average molecular weight is 355 g/mol. The van der Waals surface area contributed by atoms with E-state index in [0.29, 0.717) is 18.7 Å². The van der Waals surface area contributed by atoms with Crippen molar-refractivity contribution in [3.63, 3.8) is 0 Å². The fraction of sp³-hybridized carbons (Fsp3) is 0.450. The minimum absolute atomic E-state index is 0.227. The highest BCUT2D eigenvalue weighted by Crippen LogP contribution is 2.28. The molecular formula is C20H25N3O3. The van der Waals surface area contributed by atoms with E-state index >= 15 is 0 Å². The zero-order chi connectivity index (χ0) is 18.9. The zero-order valence-corrected chi connectivity index (χ0v) is 15.5. The predicted octanol–water partition coefficient (Wildman–Crippen LogP) is 2.90. The SMILES string of the molecule is Cc1ccc(-n2nc(C(=O)NCCC(C)(C)C(=O)O)c3c2CCC3)cc1. The Morgan fingerprint density at radius 1 is 1.23 bits per heavy atom. The smallest absolute Gasteiger partial charge is 0.309 e. The van der Waals surface area contributed by atoms with Gasteiger partial charge in [-0.15, -0.1) is 0 Å². The molecule has 1 aromatic carbocycles. The van der Waals surface area contributed by atoms with Crippen LogP contribution in [0.5, 0.6) is 0 Å². The Kier molecular flexibility index (Phi) is 4.85. The number of carboxylic acids is 1. The Morgan fingerprint density at radius 2 is 1.92 bits per heavy atom. The van der Waals surface area contributed by atoms with Gasteiger partial charge >= 0.3 is 5.97 Å². The van der Waals surface area contributed by atoms with E-state index in [4.69, 9.17) is 0 Å². The van der Waals surface area contributed by atoms with E-state index in [9.17, 15) is 14.7 Å². The molecular weight excluding hydrogens is 330 g/mol. The van der Waals surface area contributed by atoms with E-state index in [-0.39, 0.29) is 5.91 Å². The molecule has 1 aliphatic carbocycles. The summed E-state index contributed by atoms with van der Waals surface area (Å²) in [6.07, 6.45) is 3.15. The molecule has 1 aliphatic rings. The summed E-state index contributed by atoms with van der Waals surface area (Å²) < 4.78 is 1.87. The lowest BCUT2D eigenvalue weighted by Crippen LogP contribution is -2.32. The van der Waals surface area contributed by atoms with Gasteiger partial charge in [0.2, 0.25) is 0 Å².